The summed E-state index contributed by atoms with van der Waals surface area (Å²) in [4.78, 5) is 4.93. The molecule has 0 spiro atoms. The van der Waals surface area contributed by atoms with Gasteiger partial charge in [0.05, 0.1) is 5.69 Å². The van der Waals surface area contributed by atoms with Crippen molar-refractivity contribution in [3.63, 3.8) is 0 Å². The molecule has 1 aliphatic heterocycles. The molecule has 3 aliphatic carbocycles. The van der Waals surface area contributed by atoms with Crippen LogP contribution in [0, 0.1) is 0 Å². The molecule has 0 saturated heterocycles. The van der Waals surface area contributed by atoms with Crippen molar-refractivity contribution in [3.8, 4) is 11.1 Å². The van der Waals surface area contributed by atoms with Crippen molar-refractivity contribution in [2.45, 2.75) is 44.4 Å². The Bertz CT molecular complexity index is 2130. The Kier molecular flexibility index (Phi) is 6.47. The van der Waals surface area contributed by atoms with E-state index in [1.807, 2.05) is 0 Å². The molecule has 4 aliphatic rings. The smallest absolute Gasteiger partial charge is 0.0518 e. The van der Waals surface area contributed by atoms with Crippen LogP contribution in [0.25, 0.3) is 16.7 Å². The second-order valence-corrected chi connectivity index (χ2v) is 13.7. The second-order valence-electron chi connectivity index (χ2n) is 13.7. The van der Waals surface area contributed by atoms with Crippen LogP contribution in [0.15, 0.2) is 163 Å². The minimum absolute atomic E-state index is 0.00544. The monoisotopic (exact) mass is 606 g/mol. The van der Waals surface area contributed by atoms with Gasteiger partial charge in [0.1, 0.15) is 0 Å². The summed E-state index contributed by atoms with van der Waals surface area (Å²) < 4.78 is 0. The maximum absolute atomic E-state index is 2.47. The highest BCUT2D eigenvalue weighted by Gasteiger charge is 2.38. The predicted molar refractivity (Wildman–Crippen MR) is 198 cm³/mol. The maximum atomic E-state index is 2.47. The van der Waals surface area contributed by atoms with Gasteiger partial charge in [-0.2, -0.15) is 0 Å². The molecule has 2 nitrogen and oxygen atoms in total. The Hall–Kier alpha value is -5.34. The quantitative estimate of drug-likeness (QED) is 0.196. The highest BCUT2D eigenvalue weighted by Crippen LogP contribution is 2.54. The van der Waals surface area contributed by atoms with Crippen molar-refractivity contribution >= 4 is 34.0 Å². The topological polar surface area (TPSA) is 6.48 Å². The number of benzene rings is 5. The molecule has 0 bridgehead atoms. The van der Waals surface area contributed by atoms with Crippen LogP contribution >= 0.6 is 0 Å². The van der Waals surface area contributed by atoms with E-state index in [9.17, 15) is 0 Å². The van der Waals surface area contributed by atoms with E-state index in [-0.39, 0.29) is 5.41 Å². The summed E-state index contributed by atoms with van der Waals surface area (Å²) in [6.07, 6.45) is 14.8. The summed E-state index contributed by atoms with van der Waals surface area (Å²) in [6, 6.07) is 44.8. The summed E-state index contributed by atoms with van der Waals surface area (Å²) >= 11 is 0. The summed E-state index contributed by atoms with van der Waals surface area (Å²) in [7, 11) is 0. The van der Waals surface area contributed by atoms with Gasteiger partial charge < -0.3 is 9.80 Å². The Balaban J connectivity index is 1.20. The minimum atomic E-state index is 0.00544. The van der Waals surface area contributed by atoms with Gasteiger partial charge in [0.25, 0.3) is 0 Å². The first-order valence-corrected chi connectivity index (χ1v) is 16.9. The van der Waals surface area contributed by atoms with E-state index in [1.165, 1.54) is 56.1 Å². The third-order valence-corrected chi connectivity index (χ3v) is 10.7. The molecule has 9 rings (SSSR count). The Morgan fingerprint density at radius 1 is 0.702 bits per heavy atom. The van der Waals surface area contributed by atoms with Gasteiger partial charge in [-0.25, -0.2) is 0 Å². The van der Waals surface area contributed by atoms with E-state index < -0.39 is 0 Å². The zero-order chi connectivity index (χ0) is 31.5. The lowest BCUT2D eigenvalue weighted by Gasteiger charge is -2.30. The third kappa shape index (κ3) is 4.47. The van der Waals surface area contributed by atoms with E-state index in [1.54, 1.807) is 5.57 Å². The van der Waals surface area contributed by atoms with Crippen LogP contribution in [0.4, 0.5) is 28.4 Å². The van der Waals surface area contributed by atoms with Gasteiger partial charge in [0.2, 0.25) is 0 Å². The highest BCUT2D eigenvalue weighted by molar-refractivity contribution is 5.90. The average molecular weight is 607 g/mol. The van der Waals surface area contributed by atoms with Crippen molar-refractivity contribution < 1.29 is 0 Å². The largest absolute Gasteiger partial charge is 0.313 e. The Labute approximate surface area is 278 Å². The van der Waals surface area contributed by atoms with Crippen LogP contribution in [-0.4, -0.2) is 0 Å². The normalized spacial score (nSPS) is 18.4. The molecule has 1 unspecified atom stereocenters. The Morgan fingerprint density at radius 3 is 2.21 bits per heavy atom. The lowest BCUT2D eigenvalue weighted by Crippen LogP contribution is -2.19. The number of rotatable bonds is 5. The number of nitrogens with zero attached hydrogens (tertiary/aromatic N) is 2. The maximum Gasteiger partial charge on any atom is 0.0518 e. The summed E-state index contributed by atoms with van der Waals surface area (Å²) in [5.74, 6) is 0.370. The van der Waals surface area contributed by atoms with Gasteiger partial charge in [0, 0.05) is 39.8 Å². The molecule has 1 atom stereocenters. The van der Waals surface area contributed by atoms with Gasteiger partial charge in [-0.05, 0) is 107 Å². The number of para-hydroxylation sites is 1. The molecular formula is C45H38N2. The average Bonchev–Trinajstić information content (AvgIpc) is 3.58. The lowest BCUT2D eigenvalue weighted by atomic mass is 9.78. The lowest BCUT2D eigenvalue weighted by molar-refractivity contribution is 0.607. The predicted octanol–water partition coefficient (Wildman–Crippen LogP) is 12.3. The van der Waals surface area contributed by atoms with Crippen LogP contribution in [0.3, 0.4) is 0 Å². The molecule has 1 heterocycles. The van der Waals surface area contributed by atoms with Crippen LogP contribution in [0.5, 0.6) is 0 Å². The first kappa shape index (κ1) is 27.9. The van der Waals surface area contributed by atoms with E-state index in [0.29, 0.717) is 5.92 Å². The van der Waals surface area contributed by atoms with Crippen molar-refractivity contribution in [2.24, 2.45) is 0 Å². The summed E-state index contributed by atoms with van der Waals surface area (Å²) in [6.45, 7) is 4.82. The van der Waals surface area contributed by atoms with Crippen molar-refractivity contribution in [3.05, 3.63) is 180 Å². The molecule has 0 amide bonds. The molecule has 5 aromatic carbocycles. The molecular weight excluding hydrogens is 569 g/mol. The van der Waals surface area contributed by atoms with Crippen LogP contribution in [0.2, 0.25) is 0 Å². The molecule has 5 aromatic rings. The molecule has 47 heavy (non-hydrogen) atoms. The first-order valence-electron chi connectivity index (χ1n) is 16.9. The van der Waals surface area contributed by atoms with Crippen molar-refractivity contribution in [1.82, 2.24) is 0 Å². The first-order chi connectivity index (χ1) is 23.1. The zero-order valence-corrected chi connectivity index (χ0v) is 27.0. The summed E-state index contributed by atoms with van der Waals surface area (Å²) in [5.41, 5.74) is 17.0. The van der Waals surface area contributed by atoms with Crippen LogP contribution < -0.4 is 9.80 Å². The van der Waals surface area contributed by atoms with E-state index in [0.717, 1.165) is 30.6 Å². The summed E-state index contributed by atoms with van der Waals surface area (Å²) in [5, 5.41) is 0. The van der Waals surface area contributed by atoms with E-state index in [4.69, 9.17) is 0 Å². The fourth-order valence-corrected chi connectivity index (χ4v) is 8.33. The second kappa shape index (κ2) is 10.9. The van der Waals surface area contributed by atoms with Crippen molar-refractivity contribution in [2.75, 3.05) is 9.80 Å². The number of allylic oxidation sites excluding steroid dienone is 8. The van der Waals surface area contributed by atoms with E-state index >= 15 is 0 Å². The molecule has 2 heteroatoms. The fraction of sp³-hybridized carbons (Fsp3) is 0.156. The minimum Gasteiger partial charge on any atom is -0.313 e. The number of fused-ring (bicyclic) bond motifs is 5. The zero-order valence-electron chi connectivity index (χ0n) is 27.0. The fourth-order valence-electron chi connectivity index (χ4n) is 8.33. The van der Waals surface area contributed by atoms with Crippen LogP contribution in [-0.2, 0) is 5.41 Å². The van der Waals surface area contributed by atoms with Gasteiger partial charge in [-0.3, -0.25) is 0 Å². The molecule has 0 saturated carbocycles. The molecule has 0 fully saturated rings. The van der Waals surface area contributed by atoms with Gasteiger partial charge in [-0.1, -0.05) is 117 Å². The highest BCUT2D eigenvalue weighted by atomic mass is 15.2. The van der Waals surface area contributed by atoms with Crippen LogP contribution in [0.1, 0.15) is 55.7 Å². The molecule has 0 aromatic heterocycles. The number of anilines is 5. The van der Waals surface area contributed by atoms with E-state index in [2.05, 4.69) is 175 Å². The standard InChI is InChI=1S/C45H38N2/c1-45(2)41-19-11-9-17-37(41)38-27-25-35(29-42(38)45)46(34-23-21-32(22-24-34)31-13-5-3-6-14-31)36-26-28-40-39-18-10-12-20-43(39)47(44(40)30-36)33-15-7-4-8-16-33/h3-10,12-17,20-30,39H,11,18-19H2,1-2H3. The SMILES string of the molecule is CC1(C)C2=C(C=CCC2)c2ccc(N(c3ccc(-c4ccccc4)cc3)c3ccc4c(c3)N(c3ccccc3)C3=CC=CCC34)cc21. The molecule has 0 radical (unpaired) electrons. The molecule has 0 N–H and O–H groups in total. The van der Waals surface area contributed by atoms with Gasteiger partial charge in [0.15, 0.2) is 0 Å². The number of hydrogen-bond acceptors (Lipinski definition) is 2. The number of hydrogen-bond donors (Lipinski definition) is 0. The van der Waals surface area contributed by atoms with Gasteiger partial charge in [-0.15, -0.1) is 0 Å². The Morgan fingerprint density at radius 2 is 1.40 bits per heavy atom. The third-order valence-electron chi connectivity index (χ3n) is 10.7. The van der Waals surface area contributed by atoms with Gasteiger partial charge >= 0.3 is 0 Å². The van der Waals surface area contributed by atoms with Crippen molar-refractivity contribution in [1.29, 1.82) is 0 Å². The molecule has 228 valence electrons.